The number of rotatable bonds is 5. The fourth-order valence-electron chi connectivity index (χ4n) is 2.21. The molecule has 2 N–H and O–H groups in total. The van der Waals surface area contributed by atoms with Crippen molar-refractivity contribution < 1.29 is 22.8 Å². The van der Waals surface area contributed by atoms with Gasteiger partial charge in [-0.3, -0.25) is 9.59 Å². The van der Waals surface area contributed by atoms with E-state index in [0.29, 0.717) is 0 Å². The second kappa shape index (κ2) is 8.02. The number of likely N-dealkylation sites (N-methyl/N-ethyl adjacent to an activating group) is 1. The van der Waals surface area contributed by atoms with E-state index in [2.05, 4.69) is 10.6 Å². The van der Waals surface area contributed by atoms with Crippen LogP contribution >= 0.6 is 11.6 Å². The SMILES string of the molecule is CNC(=O)C(NC(=O)Cc1c(F)cccc1Cl)c1ccc(F)c(F)c1. The van der Waals surface area contributed by atoms with Crippen LogP contribution in [0.3, 0.4) is 0 Å². The number of amides is 2. The van der Waals surface area contributed by atoms with Crippen molar-refractivity contribution in [1.29, 1.82) is 0 Å². The highest BCUT2D eigenvalue weighted by molar-refractivity contribution is 6.31. The van der Waals surface area contributed by atoms with Crippen molar-refractivity contribution in [1.82, 2.24) is 10.6 Å². The zero-order valence-corrected chi connectivity index (χ0v) is 13.8. The van der Waals surface area contributed by atoms with Gasteiger partial charge in [0.1, 0.15) is 11.9 Å². The molecule has 0 aliphatic rings. The Labute approximate surface area is 147 Å². The Morgan fingerprint density at radius 1 is 1.08 bits per heavy atom. The first-order chi connectivity index (χ1) is 11.8. The zero-order chi connectivity index (χ0) is 18.6. The van der Waals surface area contributed by atoms with Gasteiger partial charge in [0.15, 0.2) is 11.6 Å². The molecule has 0 bridgehead atoms. The maximum Gasteiger partial charge on any atom is 0.246 e. The van der Waals surface area contributed by atoms with Gasteiger partial charge in [0.2, 0.25) is 11.8 Å². The Balaban J connectivity index is 2.23. The van der Waals surface area contributed by atoms with Crippen LogP contribution in [0.5, 0.6) is 0 Å². The van der Waals surface area contributed by atoms with Gasteiger partial charge in [0.25, 0.3) is 0 Å². The summed E-state index contributed by atoms with van der Waals surface area (Å²) in [5, 5.41) is 4.76. The molecule has 2 aromatic carbocycles. The molecule has 0 aliphatic heterocycles. The molecule has 0 radical (unpaired) electrons. The lowest BCUT2D eigenvalue weighted by Crippen LogP contribution is -2.39. The van der Waals surface area contributed by atoms with Gasteiger partial charge in [-0.25, -0.2) is 13.2 Å². The van der Waals surface area contributed by atoms with E-state index in [1.54, 1.807) is 0 Å². The first kappa shape index (κ1) is 18.8. The minimum absolute atomic E-state index is 0.0254. The lowest BCUT2D eigenvalue weighted by Gasteiger charge is -2.18. The fourth-order valence-corrected chi connectivity index (χ4v) is 2.44. The van der Waals surface area contributed by atoms with Crippen molar-refractivity contribution in [2.45, 2.75) is 12.5 Å². The van der Waals surface area contributed by atoms with Crippen molar-refractivity contribution >= 4 is 23.4 Å². The minimum atomic E-state index is -1.27. The van der Waals surface area contributed by atoms with Crippen LogP contribution in [-0.4, -0.2) is 18.9 Å². The molecule has 2 aromatic rings. The summed E-state index contributed by atoms with van der Waals surface area (Å²) >= 11 is 5.86. The van der Waals surface area contributed by atoms with Crippen LogP contribution in [0.15, 0.2) is 36.4 Å². The Hall–Kier alpha value is -2.54. The average Bonchev–Trinajstić information content (AvgIpc) is 2.58. The summed E-state index contributed by atoms with van der Waals surface area (Å²) in [6.07, 6.45) is -0.414. The molecule has 0 saturated heterocycles. The standard InChI is InChI=1S/C17H14ClF3N2O2/c1-22-17(25)16(9-5-6-13(20)14(21)7-9)23-15(24)8-10-11(18)3-2-4-12(10)19/h2-7,16H,8H2,1H3,(H,22,25)(H,23,24). The molecule has 0 aliphatic carbocycles. The highest BCUT2D eigenvalue weighted by atomic mass is 35.5. The van der Waals surface area contributed by atoms with Crippen LogP contribution in [0, 0.1) is 17.5 Å². The summed E-state index contributed by atoms with van der Waals surface area (Å²) in [4.78, 5) is 24.2. The number of hydrogen-bond acceptors (Lipinski definition) is 2. The van der Waals surface area contributed by atoms with Gasteiger partial charge in [-0.15, -0.1) is 0 Å². The summed E-state index contributed by atoms with van der Waals surface area (Å²) in [6.45, 7) is 0. The van der Waals surface area contributed by atoms with Gasteiger partial charge in [-0.2, -0.15) is 0 Å². The molecular formula is C17H14ClF3N2O2. The normalized spacial score (nSPS) is 11.7. The number of carbonyl (C=O) groups is 2. The quantitative estimate of drug-likeness (QED) is 0.850. The molecule has 2 amide bonds. The summed E-state index contributed by atoms with van der Waals surface area (Å²) in [7, 11) is 1.33. The molecule has 1 atom stereocenters. The number of hydrogen-bond donors (Lipinski definition) is 2. The Morgan fingerprint density at radius 2 is 1.80 bits per heavy atom. The third-order valence-corrected chi connectivity index (χ3v) is 3.84. The number of halogens is 4. The van der Waals surface area contributed by atoms with Crippen molar-refractivity contribution in [3.05, 3.63) is 70.0 Å². The van der Waals surface area contributed by atoms with Crippen molar-refractivity contribution in [2.24, 2.45) is 0 Å². The monoisotopic (exact) mass is 370 g/mol. The third-order valence-electron chi connectivity index (χ3n) is 3.49. The van der Waals surface area contributed by atoms with Crippen LogP contribution in [0.2, 0.25) is 5.02 Å². The molecule has 132 valence electrons. The summed E-state index contributed by atoms with van der Waals surface area (Å²) in [5.74, 6) is -4.24. The molecule has 25 heavy (non-hydrogen) atoms. The summed E-state index contributed by atoms with van der Waals surface area (Å²) in [6, 6.07) is 5.55. The predicted octanol–water partition coefficient (Wildman–Crippen LogP) is 2.90. The molecule has 8 heteroatoms. The van der Waals surface area contributed by atoms with Gasteiger partial charge in [0, 0.05) is 17.6 Å². The van der Waals surface area contributed by atoms with Crippen molar-refractivity contribution in [3.8, 4) is 0 Å². The average molecular weight is 371 g/mol. The van der Waals surface area contributed by atoms with Gasteiger partial charge in [0.05, 0.1) is 6.42 Å². The molecule has 0 fully saturated rings. The molecule has 4 nitrogen and oxygen atoms in total. The van der Waals surface area contributed by atoms with E-state index >= 15 is 0 Å². The van der Waals surface area contributed by atoms with E-state index in [0.717, 1.165) is 18.2 Å². The van der Waals surface area contributed by atoms with Crippen molar-refractivity contribution in [3.63, 3.8) is 0 Å². The van der Waals surface area contributed by atoms with Gasteiger partial charge >= 0.3 is 0 Å². The molecule has 0 saturated carbocycles. The molecule has 0 heterocycles. The maximum atomic E-state index is 13.8. The van der Waals surface area contributed by atoms with E-state index in [4.69, 9.17) is 11.6 Å². The van der Waals surface area contributed by atoms with E-state index < -0.39 is 41.7 Å². The predicted molar refractivity (Wildman–Crippen MR) is 86.4 cm³/mol. The second-order valence-electron chi connectivity index (χ2n) is 5.17. The lowest BCUT2D eigenvalue weighted by molar-refractivity contribution is -0.128. The third kappa shape index (κ3) is 4.51. The first-order valence-corrected chi connectivity index (χ1v) is 7.60. The van der Waals surface area contributed by atoms with Crippen LogP contribution < -0.4 is 10.6 Å². The smallest absolute Gasteiger partial charge is 0.246 e. The van der Waals surface area contributed by atoms with Crippen LogP contribution in [0.4, 0.5) is 13.2 Å². The molecule has 0 aromatic heterocycles. The summed E-state index contributed by atoms with van der Waals surface area (Å²) in [5.41, 5.74) is 0.0221. The number of benzene rings is 2. The van der Waals surface area contributed by atoms with Gasteiger partial charge in [-0.1, -0.05) is 23.7 Å². The van der Waals surface area contributed by atoms with E-state index in [1.165, 1.54) is 25.2 Å². The Kier molecular flexibility index (Phi) is 6.03. The van der Waals surface area contributed by atoms with E-state index in [-0.39, 0.29) is 16.1 Å². The lowest BCUT2D eigenvalue weighted by atomic mass is 10.0. The van der Waals surface area contributed by atoms with E-state index in [9.17, 15) is 22.8 Å². The largest absolute Gasteiger partial charge is 0.357 e. The number of carbonyl (C=O) groups excluding carboxylic acids is 2. The Morgan fingerprint density at radius 3 is 2.40 bits per heavy atom. The fraction of sp³-hybridized carbons (Fsp3) is 0.176. The molecule has 2 rings (SSSR count). The highest BCUT2D eigenvalue weighted by Crippen LogP contribution is 2.21. The minimum Gasteiger partial charge on any atom is -0.357 e. The van der Waals surface area contributed by atoms with Crippen LogP contribution in [-0.2, 0) is 16.0 Å². The molecule has 0 spiro atoms. The zero-order valence-electron chi connectivity index (χ0n) is 13.1. The van der Waals surface area contributed by atoms with E-state index in [1.807, 2.05) is 0 Å². The van der Waals surface area contributed by atoms with Crippen LogP contribution in [0.25, 0.3) is 0 Å². The number of nitrogens with one attached hydrogen (secondary N) is 2. The van der Waals surface area contributed by atoms with Gasteiger partial charge in [-0.05, 0) is 29.8 Å². The van der Waals surface area contributed by atoms with Gasteiger partial charge < -0.3 is 10.6 Å². The highest BCUT2D eigenvalue weighted by Gasteiger charge is 2.24. The second-order valence-corrected chi connectivity index (χ2v) is 5.57. The molecular weight excluding hydrogens is 357 g/mol. The maximum absolute atomic E-state index is 13.8. The van der Waals surface area contributed by atoms with Crippen LogP contribution in [0.1, 0.15) is 17.2 Å². The van der Waals surface area contributed by atoms with Crippen molar-refractivity contribution in [2.75, 3.05) is 7.05 Å². The summed E-state index contributed by atoms with van der Waals surface area (Å²) < 4.78 is 40.2. The molecule has 1 unspecified atom stereocenters. The topological polar surface area (TPSA) is 58.2 Å². The Bertz CT molecular complexity index is 794. The first-order valence-electron chi connectivity index (χ1n) is 7.22.